The molecule has 0 unspecified atom stereocenters. The maximum Gasteiger partial charge on any atom is 0.356 e. The van der Waals surface area contributed by atoms with E-state index in [2.05, 4.69) is 5.10 Å². The summed E-state index contributed by atoms with van der Waals surface area (Å²) in [4.78, 5) is 11.6. The number of nitrogens with zero attached hydrogens (tertiary/aromatic N) is 2. The fraction of sp³-hybridized carbons (Fsp3) is 0.692. The van der Waals surface area contributed by atoms with Crippen LogP contribution in [-0.4, -0.2) is 22.9 Å². The van der Waals surface area contributed by atoms with Gasteiger partial charge in [-0.2, -0.15) is 5.10 Å². The van der Waals surface area contributed by atoms with E-state index in [1.165, 1.54) is 39.2 Å². The molecule has 0 radical (unpaired) electrons. The van der Waals surface area contributed by atoms with Crippen LogP contribution in [0.2, 0.25) is 0 Å². The predicted octanol–water partition coefficient (Wildman–Crippen LogP) is 2.56. The van der Waals surface area contributed by atoms with E-state index >= 15 is 0 Å². The van der Waals surface area contributed by atoms with Gasteiger partial charge >= 0.3 is 5.97 Å². The molecule has 2 rings (SSSR count). The quantitative estimate of drug-likeness (QED) is 0.758. The lowest BCUT2D eigenvalue weighted by Crippen LogP contribution is -2.19. The van der Waals surface area contributed by atoms with Gasteiger partial charge in [-0.1, -0.05) is 19.3 Å². The molecule has 1 heterocycles. The van der Waals surface area contributed by atoms with E-state index in [1.807, 2.05) is 11.6 Å². The molecular formula is C13H20N2O2. The first-order valence-electron chi connectivity index (χ1n) is 6.33. The minimum Gasteiger partial charge on any atom is -0.464 e. The molecule has 1 fully saturated rings. The summed E-state index contributed by atoms with van der Waals surface area (Å²) >= 11 is 0. The van der Waals surface area contributed by atoms with E-state index < -0.39 is 0 Å². The number of rotatable bonds is 3. The van der Waals surface area contributed by atoms with E-state index in [9.17, 15) is 4.79 Å². The molecule has 0 spiro atoms. The average molecular weight is 236 g/mol. The van der Waals surface area contributed by atoms with Crippen molar-refractivity contribution in [2.45, 2.75) is 45.6 Å². The zero-order valence-electron chi connectivity index (χ0n) is 10.6. The fourth-order valence-electron chi connectivity index (χ4n) is 2.57. The first-order chi connectivity index (χ1) is 8.20. The normalized spacial score (nSPS) is 17.1. The van der Waals surface area contributed by atoms with Crippen molar-refractivity contribution in [3.8, 4) is 0 Å². The standard InChI is InChI=1S/C13H20N2O2/c1-10-8-12(13(16)17-2)15(14-10)9-11-6-4-3-5-7-11/h8,11H,3-7,9H2,1-2H3. The number of methoxy groups -OCH3 is 1. The second-order valence-corrected chi connectivity index (χ2v) is 4.85. The molecule has 0 atom stereocenters. The summed E-state index contributed by atoms with van der Waals surface area (Å²) < 4.78 is 6.60. The number of hydrogen-bond acceptors (Lipinski definition) is 3. The summed E-state index contributed by atoms with van der Waals surface area (Å²) in [6.45, 7) is 2.75. The van der Waals surface area contributed by atoms with Crippen LogP contribution in [0, 0.1) is 12.8 Å². The Balaban J connectivity index is 2.11. The summed E-state index contributed by atoms with van der Waals surface area (Å²) in [6.07, 6.45) is 6.45. The number of carbonyl (C=O) groups excluding carboxylic acids is 1. The number of ether oxygens (including phenoxy) is 1. The number of aryl methyl sites for hydroxylation is 1. The molecule has 94 valence electrons. The highest BCUT2D eigenvalue weighted by Gasteiger charge is 2.19. The van der Waals surface area contributed by atoms with Crippen LogP contribution < -0.4 is 0 Å². The largest absolute Gasteiger partial charge is 0.464 e. The van der Waals surface area contributed by atoms with Crippen molar-refractivity contribution in [3.05, 3.63) is 17.5 Å². The van der Waals surface area contributed by atoms with Crippen LogP contribution in [0.4, 0.5) is 0 Å². The van der Waals surface area contributed by atoms with Gasteiger partial charge in [0.2, 0.25) is 0 Å². The molecular weight excluding hydrogens is 216 g/mol. The molecule has 1 aromatic heterocycles. The molecule has 0 amide bonds. The maximum absolute atomic E-state index is 11.6. The molecule has 1 aromatic rings. The van der Waals surface area contributed by atoms with E-state index in [4.69, 9.17) is 4.74 Å². The van der Waals surface area contributed by atoms with Crippen LogP contribution >= 0.6 is 0 Å². The second-order valence-electron chi connectivity index (χ2n) is 4.85. The van der Waals surface area contributed by atoms with Gasteiger partial charge in [-0.05, 0) is 31.7 Å². The Morgan fingerprint density at radius 2 is 2.18 bits per heavy atom. The van der Waals surface area contributed by atoms with Crippen molar-refractivity contribution in [2.24, 2.45) is 5.92 Å². The summed E-state index contributed by atoms with van der Waals surface area (Å²) in [5.74, 6) is 0.368. The van der Waals surface area contributed by atoms with Crippen molar-refractivity contribution in [3.63, 3.8) is 0 Å². The molecule has 0 saturated heterocycles. The lowest BCUT2D eigenvalue weighted by atomic mass is 9.89. The van der Waals surface area contributed by atoms with Crippen LogP contribution in [0.1, 0.15) is 48.3 Å². The molecule has 0 N–H and O–H groups in total. The first-order valence-corrected chi connectivity index (χ1v) is 6.33. The second kappa shape index (κ2) is 5.34. The fourth-order valence-corrected chi connectivity index (χ4v) is 2.57. The summed E-state index contributed by atoms with van der Waals surface area (Å²) in [7, 11) is 1.41. The van der Waals surface area contributed by atoms with Crippen molar-refractivity contribution in [1.29, 1.82) is 0 Å². The SMILES string of the molecule is COC(=O)c1cc(C)nn1CC1CCCCC1. The van der Waals surface area contributed by atoms with E-state index in [1.54, 1.807) is 6.07 Å². The van der Waals surface area contributed by atoms with Crippen LogP contribution in [0.3, 0.4) is 0 Å². The summed E-state index contributed by atoms with van der Waals surface area (Å²) in [6, 6.07) is 1.80. The Hall–Kier alpha value is -1.32. The highest BCUT2D eigenvalue weighted by atomic mass is 16.5. The van der Waals surface area contributed by atoms with Gasteiger partial charge in [0.05, 0.1) is 12.8 Å². The van der Waals surface area contributed by atoms with Gasteiger partial charge in [-0.15, -0.1) is 0 Å². The number of carbonyl (C=O) groups is 1. The highest BCUT2D eigenvalue weighted by molar-refractivity contribution is 5.87. The third kappa shape index (κ3) is 2.87. The monoisotopic (exact) mass is 236 g/mol. The predicted molar refractivity (Wildman–Crippen MR) is 64.9 cm³/mol. The third-order valence-electron chi connectivity index (χ3n) is 3.45. The van der Waals surface area contributed by atoms with Crippen molar-refractivity contribution < 1.29 is 9.53 Å². The summed E-state index contributed by atoms with van der Waals surface area (Å²) in [5.41, 5.74) is 1.46. The van der Waals surface area contributed by atoms with E-state index in [-0.39, 0.29) is 5.97 Å². The van der Waals surface area contributed by atoms with Gasteiger partial charge in [-0.25, -0.2) is 4.79 Å². The highest BCUT2D eigenvalue weighted by Crippen LogP contribution is 2.25. The average Bonchev–Trinajstić information content (AvgIpc) is 2.70. The molecule has 17 heavy (non-hydrogen) atoms. The Morgan fingerprint density at radius 1 is 1.47 bits per heavy atom. The Morgan fingerprint density at radius 3 is 2.82 bits per heavy atom. The number of hydrogen-bond donors (Lipinski definition) is 0. The van der Waals surface area contributed by atoms with Crippen molar-refractivity contribution in [2.75, 3.05) is 7.11 Å². The van der Waals surface area contributed by atoms with Crippen LogP contribution in [0.25, 0.3) is 0 Å². The van der Waals surface area contributed by atoms with Crippen molar-refractivity contribution >= 4 is 5.97 Å². The zero-order valence-corrected chi connectivity index (χ0v) is 10.6. The van der Waals surface area contributed by atoms with Crippen LogP contribution in [0.5, 0.6) is 0 Å². The van der Waals surface area contributed by atoms with Gasteiger partial charge in [-0.3, -0.25) is 4.68 Å². The van der Waals surface area contributed by atoms with Crippen molar-refractivity contribution in [1.82, 2.24) is 9.78 Å². The van der Waals surface area contributed by atoms with E-state index in [0.717, 1.165) is 12.2 Å². The van der Waals surface area contributed by atoms with Gasteiger partial charge in [0.25, 0.3) is 0 Å². The number of aromatic nitrogens is 2. The van der Waals surface area contributed by atoms with Gasteiger partial charge < -0.3 is 4.74 Å². The maximum atomic E-state index is 11.6. The third-order valence-corrected chi connectivity index (χ3v) is 3.45. The number of esters is 1. The molecule has 0 aliphatic heterocycles. The lowest BCUT2D eigenvalue weighted by Gasteiger charge is -2.21. The molecule has 0 aromatic carbocycles. The van der Waals surface area contributed by atoms with E-state index in [0.29, 0.717) is 11.6 Å². The van der Waals surface area contributed by atoms with Gasteiger partial charge in [0.1, 0.15) is 5.69 Å². The molecule has 1 saturated carbocycles. The molecule has 1 aliphatic rings. The van der Waals surface area contributed by atoms with Crippen LogP contribution in [-0.2, 0) is 11.3 Å². The van der Waals surface area contributed by atoms with Gasteiger partial charge in [0, 0.05) is 6.54 Å². The van der Waals surface area contributed by atoms with Gasteiger partial charge in [0.15, 0.2) is 0 Å². The smallest absolute Gasteiger partial charge is 0.356 e. The molecule has 0 bridgehead atoms. The summed E-state index contributed by atoms with van der Waals surface area (Å²) in [5, 5.41) is 4.39. The van der Waals surface area contributed by atoms with Crippen LogP contribution in [0.15, 0.2) is 6.07 Å². The Labute approximate surface area is 102 Å². The molecule has 1 aliphatic carbocycles. The lowest BCUT2D eigenvalue weighted by molar-refractivity contribution is 0.0584. The zero-order chi connectivity index (χ0) is 12.3. The first kappa shape index (κ1) is 12.1. The molecule has 4 heteroatoms. The Bertz CT molecular complexity index is 392. The minimum absolute atomic E-state index is 0.290. The minimum atomic E-state index is -0.290. The molecule has 4 nitrogen and oxygen atoms in total. The topological polar surface area (TPSA) is 44.1 Å². The Kier molecular flexibility index (Phi) is 3.82.